The number of aryl methyl sites for hydroxylation is 1. The number of carbonyl (C=O) groups is 2. The van der Waals surface area contributed by atoms with E-state index < -0.39 is 22.6 Å². The van der Waals surface area contributed by atoms with Crippen molar-refractivity contribution in [3.63, 3.8) is 0 Å². The van der Waals surface area contributed by atoms with Crippen LogP contribution in [0.4, 0.5) is 0 Å². The van der Waals surface area contributed by atoms with Crippen molar-refractivity contribution >= 4 is 28.4 Å². The highest BCUT2D eigenvalue weighted by Crippen LogP contribution is 2.43. The zero-order chi connectivity index (χ0) is 31.8. The highest BCUT2D eigenvalue weighted by molar-refractivity contribution is 6.74. The van der Waals surface area contributed by atoms with Gasteiger partial charge in [-0.25, -0.2) is 0 Å². The van der Waals surface area contributed by atoms with Crippen LogP contribution < -0.4 is 0 Å². The van der Waals surface area contributed by atoms with E-state index in [1.807, 2.05) is 12.1 Å². The Labute approximate surface area is 258 Å². The van der Waals surface area contributed by atoms with E-state index in [4.69, 9.17) is 14.0 Å². The summed E-state index contributed by atoms with van der Waals surface area (Å²) >= 11 is 0. The third kappa shape index (κ3) is 11.0. The Kier molecular flexibility index (Phi) is 13.2. The topological polar surface area (TPSA) is 72.8 Å². The lowest BCUT2D eigenvalue weighted by Crippen LogP contribution is -2.45. The van der Waals surface area contributed by atoms with Crippen molar-refractivity contribution in [1.29, 1.82) is 0 Å². The summed E-state index contributed by atoms with van der Waals surface area (Å²) < 4.78 is 13.9. The molecule has 1 N–H and O–H groups in total. The zero-order valence-corrected chi connectivity index (χ0v) is 30.0. The molecular weight excluding hydrogens is 557 g/mol. The largest absolute Gasteiger partial charge is 0.481 e. The van der Waals surface area contributed by atoms with Gasteiger partial charge in [0.25, 0.3) is 0 Å². The van der Waals surface area contributed by atoms with Gasteiger partial charge in [-0.15, -0.1) is 0 Å². The van der Waals surface area contributed by atoms with Gasteiger partial charge >= 0.3 is 5.97 Å². The quantitative estimate of drug-likeness (QED) is 0.121. The van der Waals surface area contributed by atoms with Gasteiger partial charge in [-0.1, -0.05) is 96.2 Å². The molecule has 0 amide bonds. The molecule has 5 nitrogen and oxygen atoms in total. The monoisotopic (exact) mass is 614 g/mol. The summed E-state index contributed by atoms with van der Waals surface area (Å²) in [5.74, 6) is -0.673. The molecule has 0 saturated heterocycles. The van der Waals surface area contributed by atoms with Crippen LogP contribution in [0.15, 0.2) is 54.6 Å². The normalized spacial score (nSPS) is 21.5. The van der Waals surface area contributed by atoms with Crippen molar-refractivity contribution in [3.8, 4) is 0 Å². The van der Waals surface area contributed by atoms with E-state index >= 15 is 0 Å². The van der Waals surface area contributed by atoms with Crippen LogP contribution in [-0.4, -0.2) is 45.7 Å². The lowest BCUT2D eigenvalue weighted by Gasteiger charge is -2.40. The molecular formula is C35H58O5Si2. The summed E-state index contributed by atoms with van der Waals surface area (Å²) in [5, 5.41) is 9.06. The molecule has 0 unspecified atom stereocenters. The molecule has 1 aromatic rings. The zero-order valence-electron chi connectivity index (χ0n) is 28.0. The van der Waals surface area contributed by atoms with Crippen LogP contribution in [0, 0.1) is 11.8 Å². The number of hydrogen-bond acceptors (Lipinski definition) is 4. The number of hydrogen-bond donors (Lipinski definition) is 1. The Morgan fingerprint density at radius 2 is 1.62 bits per heavy atom. The molecule has 7 heteroatoms. The van der Waals surface area contributed by atoms with E-state index in [2.05, 4.69) is 110 Å². The summed E-state index contributed by atoms with van der Waals surface area (Å²) in [7, 11) is -4.12. The fraction of sp³-hybridized carbons (Fsp3) is 0.657. The van der Waals surface area contributed by atoms with Crippen LogP contribution >= 0.6 is 0 Å². The Bertz CT molecular complexity index is 1060. The summed E-state index contributed by atoms with van der Waals surface area (Å²) in [6, 6.07) is 10.6. The van der Waals surface area contributed by atoms with Gasteiger partial charge in [0.05, 0.1) is 12.2 Å². The van der Waals surface area contributed by atoms with Gasteiger partial charge in [0.15, 0.2) is 16.6 Å². The summed E-state index contributed by atoms with van der Waals surface area (Å²) in [6.07, 6.45) is 12.8. The lowest BCUT2D eigenvalue weighted by molar-refractivity contribution is -0.137. The van der Waals surface area contributed by atoms with Gasteiger partial charge in [-0.05, 0) is 73.9 Å². The minimum atomic E-state index is -2.09. The van der Waals surface area contributed by atoms with Gasteiger partial charge in [0.1, 0.15) is 5.78 Å². The molecule has 0 heterocycles. The lowest BCUT2D eigenvalue weighted by atomic mass is 9.90. The summed E-state index contributed by atoms with van der Waals surface area (Å²) in [4.78, 5) is 24.3. The number of allylic oxidation sites excluding steroid dienone is 2. The summed E-state index contributed by atoms with van der Waals surface area (Å²) in [5.41, 5.74) is 1.30. The maximum absolute atomic E-state index is 13.4. The van der Waals surface area contributed by atoms with Crippen molar-refractivity contribution in [2.75, 3.05) is 0 Å². The highest BCUT2D eigenvalue weighted by Gasteiger charge is 2.47. The predicted molar refractivity (Wildman–Crippen MR) is 180 cm³/mol. The van der Waals surface area contributed by atoms with Crippen molar-refractivity contribution in [2.45, 2.75) is 135 Å². The van der Waals surface area contributed by atoms with E-state index in [-0.39, 0.29) is 46.3 Å². The number of carbonyl (C=O) groups excluding carboxylic acids is 1. The number of benzene rings is 1. The Hall–Kier alpha value is -1.81. The van der Waals surface area contributed by atoms with Crippen molar-refractivity contribution in [2.24, 2.45) is 11.8 Å². The second-order valence-corrected chi connectivity index (χ2v) is 24.6. The maximum atomic E-state index is 13.4. The molecule has 0 aromatic heterocycles. The van der Waals surface area contributed by atoms with Gasteiger partial charge in [-0.2, -0.15) is 0 Å². The fourth-order valence-electron chi connectivity index (χ4n) is 4.87. The average Bonchev–Trinajstić information content (AvgIpc) is 3.14. The molecule has 1 aliphatic rings. The van der Waals surface area contributed by atoms with Crippen LogP contribution in [0.1, 0.15) is 85.6 Å². The van der Waals surface area contributed by atoms with Crippen LogP contribution in [0.2, 0.25) is 36.3 Å². The van der Waals surface area contributed by atoms with Gasteiger partial charge in [0.2, 0.25) is 0 Å². The molecule has 0 bridgehead atoms. The van der Waals surface area contributed by atoms with Gasteiger partial charge in [-0.3, -0.25) is 9.59 Å². The maximum Gasteiger partial charge on any atom is 0.303 e. The third-order valence-electron chi connectivity index (χ3n) is 9.64. The third-order valence-corrected chi connectivity index (χ3v) is 18.6. The first-order valence-corrected chi connectivity index (χ1v) is 21.6. The van der Waals surface area contributed by atoms with Crippen molar-refractivity contribution in [3.05, 3.63) is 60.2 Å². The van der Waals surface area contributed by atoms with E-state index in [9.17, 15) is 9.59 Å². The number of aliphatic carboxylic acids is 1. The van der Waals surface area contributed by atoms with E-state index in [0.29, 0.717) is 25.7 Å². The highest BCUT2D eigenvalue weighted by atomic mass is 28.4. The number of ketones is 1. The molecule has 0 radical (unpaired) electrons. The molecule has 1 aromatic carbocycles. The molecule has 0 spiro atoms. The second-order valence-electron chi connectivity index (χ2n) is 15.1. The summed E-state index contributed by atoms with van der Waals surface area (Å²) in [6.45, 7) is 22.7. The average molecular weight is 615 g/mol. The molecule has 236 valence electrons. The Morgan fingerprint density at radius 3 is 2.19 bits per heavy atom. The molecule has 2 rings (SSSR count). The number of unbranched alkanes of at least 4 members (excludes halogenated alkanes) is 1. The first-order valence-electron chi connectivity index (χ1n) is 15.8. The van der Waals surface area contributed by atoms with Crippen molar-refractivity contribution < 1.29 is 23.5 Å². The van der Waals surface area contributed by atoms with Crippen LogP contribution in [-0.2, 0) is 24.9 Å². The molecule has 42 heavy (non-hydrogen) atoms. The molecule has 1 aliphatic carbocycles. The first-order chi connectivity index (χ1) is 19.3. The number of Topliss-reactive ketones (excluding diaryl/α,β-unsaturated/α-hetero) is 1. The predicted octanol–water partition coefficient (Wildman–Crippen LogP) is 9.36. The van der Waals surface area contributed by atoms with E-state index in [1.165, 1.54) is 5.56 Å². The van der Waals surface area contributed by atoms with E-state index in [1.54, 1.807) is 0 Å². The van der Waals surface area contributed by atoms with Crippen LogP contribution in [0.25, 0.3) is 0 Å². The minimum Gasteiger partial charge on any atom is -0.481 e. The smallest absolute Gasteiger partial charge is 0.303 e. The number of rotatable bonds is 15. The van der Waals surface area contributed by atoms with E-state index in [0.717, 1.165) is 12.8 Å². The molecule has 4 atom stereocenters. The Morgan fingerprint density at radius 1 is 1.00 bits per heavy atom. The number of carboxylic acids is 1. The van der Waals surface area contributed by atoms with Gasteiger partial charge in [0, 0.05) is 24.7 Å². The standard InChI is InChI=1S/C35H58O5Si2/c1-34(2,3)41(7,8)39-28(23-22-27-18-14-13-15-19-27)24-25-30-29(20-16-11-12-17-21-33(37)38)31(36)26-32(30)40-42(9,10)35(4,5)6/h11,13-16,18-19,24-25,28-30,32H,12,17,20-23,26H2,1-10H3,(H,37,38)/t28-,29+,30+,32+/m0/s1. The van der Waals surface area contributed by atoms with Crippen molar-refractivity contribution in [1.82, 2.24) is 0 Å². The number of carboxylic acid groups (broad SMARTS) is 1. The van der Waals surface area contributed by atoms with Crippen LogP contribution in [0.5, 0.6) is 0 Å². The molecule has 1 saturated carbocycles. The molecule has 1 fully saturated rings. The fourth-order valence-corrected chi connectivity index (χ4v) is 7.53. The van der Waals surface area contributed by atoms with Gasteiger partial charge < -0.3 is 14.0 Å². The first kappa shape index (κ1) is 36.4. The Balaban J connectivity index is 2.34. The molecule has 0 aliphatic heterocycles. The second kappa shape index (κ2) is 15.3. The SMILES string of the molecule is CC(C)(C)[Si](C)(C)O[C@H](C=C[C@H]1[C@H](O[Si](C)(C)C(C)(C)C)CC(=O)[C@@H]1CC=CCCCC(=O)O)CCc1ccccc1. The van der Waals surface area contributed by atoms with Crippen LogP contribution in [0.3, 0.4) is 0 Å². The minimum absolute atomic E-state index is 0.0162.